The van der Waals surface area contributed by atoms with Gasteiger partial charge in [-0.05, 0) is 19.3 Å². The van der Waals surface area contributed by atoms with Crippen LogP contribution in [0.5, 0.6) is 0 Å². The van der Waals surface area contributed by atoms with Crippen molar-refractivity contribution < 1.29 is 9.84 Å². The van der Waals surface area contributed by atoms with E-state index in [9.17, 15) is 0 Å². The Balaban J connectivity index is 1.86. The maximum Gasteiger partial charge on any atom is 0.0608 e. The first kappa shape index (κ1) is 10.9. The molecule has 1 aliphatic heterocycles. The number of morpholine rings is 1. The van der Waals surface area contributed by atoms with E-state index in [1.54, 1.807) is 0 Å². The van der Waals surface area contributed by atoms with E-state index in [0.717, 1.165) is 52.1 Å². The molecule has 0 saturated carbocycles. The quantitative estimate of drug-likeness (QED) is 0.575. The van der Waals surface area contributed by atoms with Gasteiger partial charge in [-0.25, -0.2) is 5.01 Å². The summed E-state index contributed by atoms with van der Waals surface area (Å²) in [5.74, 6) is 0. The fourth-order valence-corrected chi connectivity index (χ4v) is 1.37. The maximum absolute atomic E-state index is 8.57. The van der Waals surface area contributed by atoms with Gasteiger partial charge < -0.3 is 9.84 Å². The summed E-state index contributed by atoms with van der Waals surface area (Å²) in [5.41, 5.74) is 3.35. The monoisotopic (exact) mass is 188 g/mol. The number of nitrogens with zero attached hydrogens (tertiary/aromatic N) is 1. The van der Waals surface area contributed by atoms with Crippen LogP contribution in [-0.4, -0.2) is 49.6 Å². The maximum atomic E-state index is 8.57. The van der Waals surface area contributed by atoms with E-state index in [-0.39, 0.29) is 0 Å². The lowest BCUT2D eigenvalue weighted by molar-refractivity contribution is 0.0118. The predicted molar refractivity (Wildman–Crippen MR) is 51.3 cm³/mol. The molecule has 2 N–H and O–H groups in total. The summed E-state index contributed by atoms with van der Waals surface area (Å²) in [5, 5.41) is 10.8. The average Bonchev–Trinajstić information content (AvgIpc) is 2.19. The van der Waals surface area contributed by atoms with Gasteiger partial charge >= 0.3 is 0 Å². The van der Waals surface area contributed by atoms with E-state index in [1.165, 1.54) is 0 Å². The van der Waals surface area contributed by atoms with Gasteiger partial charge in [-0.15, -0.1) is 0 Å². The predicted octanol–water partition coefficient (Wildman–Crippen LogP) is -0.0142. The molecule has 13 heavy (non-hydrogen) atoms. The van der Waals surface area contributed by atoms with Crippen LogP contribution in [-0.2, 0) is 4.74 Å². The average molecular weight is 188 g/mol. The molecule has 1 rings (SSSR count). The number of aliphatic hydroxyl groups excluding tert-OH is 1. The third kappa shape index (κ3) is 5.21. The van der Waals surface area contributed by atoms with E-state index >= 15 is 0 Å². The van der Waals surface area contributed by atoms with Crippen LogP contribution in [0.3, 0.4) is 0 Å². The van der Waals surface area contributed by atoms with Gasteiger partial charge in [0.15, 0.2) is 0 Å². The summed E-state index contributed by atoms with van der Waals surface area (Å²) in [7, 11) is 0. The Morgan fingerprint density at radius 3 is 2.62 bits per heavy atom. The number of nitrogens with one attached hydrogen (secondary N) is 1. The van der Waals surface area contributed by atoms with Crippen LogP contribution in [0.1, 0.15) is 19.3 Å². The Bertz CT molecular complexity index is 116. The highest BCUT2D eigenvalue weighted by atomic mass is 16.5. The number of hydrogen-bond acceptors (Lipinski definition) is 4. The lowest BCUT2D eigenvalue weighted by Gasteiger charge is -2.27. The van der Waals surface area contributed by atoms with Gasteiger partial charge in [0, 0.05) is 26.2 Å². The summed E-state index contributed by atoms with van der Waals surface area (Å²) in [4.78, 5) is 0. The molecular formula is C9H20N2O2. The Hall–Kier alpha value is -0.160. The molecule has 0 aromatic heterocycles. The molecule has 0 bridgehead atoms. The Labute approximate surface area is 79.8 Å². The van der Waals surface area contributed by atoms with Crippen molar-refractivity contribution in [3.63, 3.8) is 0 Å². The zero-order valence-corrected chi connectivity index (χ0v) is 8.17. The third-order valence-corrected chi connectivity index (χ3v) is 2.18. The number of hydrogen-bond donors (Lipinski definition) is 2. The number of aliphatic hydroxyl groups is 1. The van der Waals surface area contributed by atoms with Gasteiger partial charge in [0.05, 0.1) is 13.2 Å². The minimum absolute atomic E-state index is 0.317. The number of unbranched alkanes of at least 4 members (excludes halogenated alkanes) is 2. The summed E-state index contributed by atoms with van der Waals surface area (Å²) in [6.45, 7) is 4.98. The molecule has 4 nitrogen and oxygen atoms in total. The van der Waals surface area contributed by atoms with Crippen LogP contribution < -0.4 is 5.43 Å². The fraction of sp³-hybridized carbons (Fsp3) is 1.00. The van der Waals surface area contributed by atoms with E-state index < -0.39 is 0 Å². The molecule has 0 spiro atoms. The minimum atomic E-state index is 0.317. The summed E-state index contributed by atoms with van der Waals surface area (Å²) in [6.07, 6.45) is 3.16. The van der Waals surface area contributed by atoms with Crippen LogP contribution in [0, 0.1) is 0 Å². The van der Waals surface area contributed by atoms with Crippen molar-refractivity contribution in [2.45, 2.75) is 19.3 Å². The van der Waals surface area contributed by atoms with E-state index in [0.29, 0.717) is 6.61 Å². The van der Waals surface area contributed by atoms with Gasteiger partial charge in [-0.3, -0.25) is 5.43 Å². The molecule has 78 valence electrons. The lowest BCUT2D eigenvalue weighted by atomic mass is 10.2. The van der Waals surface area contributed by atoms with Gasteiger partial charge in [0.2, 0.25) is 0 Å². The van der Waals surface area contributed by atoms with Crippen molar-refractivity contribution in [2.24, 2.45) is 0 Å². The highest BCUT2D eigenvalue weighted by Gasteiger charge is 2.08. The molecule has 1 fully saturated rings. The van der Waals surface area contributed by atoms with E-state index in [4.69, 9.17) is 9.84 Å². The summed E-state index contributed by atoms with van der Waals surface area (Å²) < 4.78 is 5.23. The molecule has 4 heteroatoms. The van der Waals surface area contributed by atoms with Crippen LogP contribution >= 0.6 is 0 Å². The minimum Gasteiger partial charge on any atom is -0.396 e. The van der Waals surface area contributed by atoms with Crippen molar-refractivity contribution in [3.8, 4) is 0 Å². The molecule has 0 unspecified atom stereocenters. The molecular weight excluding hydrogens is 168 g/mol. The Kier molecular flexibility index (Phi) is 6.10. The van der Waals surface area contributed by atoms with E-state index in [1.807, 2.05) is 0 Å². The molecule has 1 heterocycles. The Morgan fingerprint density at radius 1 is 1.15 bits per heavy atom. The van der Waals surface area contributed by atoms with Crippen LogP contribution in [0.15, 0.2) is 0 Å². The van der Waals surface area contributed by atoms with Crippen molar-refractivity contribution in [2.75, 3.05) is 39.5 Å². The molecule has 0 aromatic carbocycles. The lowest BCUT2D eigenvalue weighted by Crippen LogP contribution is -2.45. The van der Waals surface area contributed by atoms with Gasteiger partial charge in [0.1, 0.15) is 0 Å². The van der Waals surface area contributed by atoms with Gasteiger partial charge in [-0.1, -0.05) is 0 Å². The molecule has 1 saturated heterocycles. The van der Waals surface area contributed by atoms with Crippen molar-refractivity contribution >= 4 is 0 Å². The molecule has 0 atom stereocenters. The number of ether oxygens (including phenoxy) is 1. The smallest absolute Gasteiger partial charge is 0.0608 e. The standard InChI is InChI=1S/C9H20N2O2/c12-7-3-1-2-4-10-11-5-8-13-9-6-11/h10,12H,1-9H2. The van der Waals surface area contributed by atoms with E-state index in [2.05, 4.69) is 10.4 Å². The largest absolute Gasteiger partial charge is 0.396 e. The second kappa shape index (κ2) is 7.26. The molecule has 0 aliphatic carbocycles. The molecule has 0 amide bonds. The number of hydrazine groups is 1. The second-order valence-corrected chi connectivity index (χ2v) is 3.29. The van der Waals surface area contributed by atoms with Crippen molar-refractivity contribution in [1.82, 2.24) is 10.4 Å². The second-order valence-electron chi connectivity index (χ2n) is 3.29. The molecule has 1 aliphatic rings. The SMILES string of the molecule is OCCCCCNN1CCOCC1. The van der Waals surface area contributed by atoms with Crippen LogP contribution in [0.25, 0.3) is 0 Å². The zero-order chi connectivity index (χ0) is 9.36. The van der Waals surface area contributed by atoms with Crippen LogP contribution in [0.2, 0.25) is 0 Å². The fourth-order valence-electron chi connectivity index (χ4n) is 1.37. The summed E-state index contributed by atoms with van der Waals surface area (Å²) >= 11 is 0. The third-order valence-electron chi connectivity index (χ3n) is 2.18. The van der Waals surface area contributed by atoms with Crippen LogP contribution in [0.4, 0.5) is 0 Å². The van der Waals surface area contributed by atoms with Gasteiger partial charge in [-0.2, -0.15) is 0 Å². The van der Waals surface area contributed by atoms with Crippen molar-refractivity contribution in [1.29, 1.82) is 0 Å². The first-order chi connectivity index (χ1) is 6.43. The first-order valence-corrected chi connectivity index (χ1v) is 5.10. The zero-order valence-electron chi connectivity index (χ0n) is 8.17. The van der Waals surface area contributed by atoms with Gasteiger partial charge in [0.25, 0.3) is 0 Å². The normalized spacial score (nSPS) is 19.2. The van der Waals surface area contributed by atoms with Crippen molar-refractivity contribution in [3.05, 3.63) is 0 Å². The first-order valence-electron chi connectivity index (χ1n) is 5.10. The summed E-state index contributed by atoms with van der Waals surface area (Å²) in [6, 6.07) is 0. The number of rotatable bonds is 6. The Morgan fingerprint density at radius 2 is 1.92 bits per heavy atom. The molecule has 0 radical (unpaired) electrons. The highest BCUT2D eigenvalue weighted by molar-refractivity contribution is 4.57. The molecule has 0 aromatic rings. The topological polar surface area (TPSA) is 44.7 Å². The highest BCUT2D eigenvalue weighted by Crippen LogP contribution is 1.95.